The van der Waals surface area contributed by atoms with Crippen LogP contribution < -0.4 is 0 Å². The molecule has 2 rings (SSSR count). The molecule has 1 saturated heterocycles. The van der Waals surface area contributed by atoms with Crippen LogP contribution in [0.2, 0.25) is 0 Å². The average molecular weight is 236 g/mol. The zero-order valence-corrected chi connectivity index (χ0v) is 9.85. The van der Waals surface area contributed by atoms with Crippen LogP contribution in [0.5, 0.6) is 0 Å². The van der Waals surface area contributed by atoms with Crippen LogP contribution in [0.4, 0.5) is 0 Å². The van der Waals surface area contributed by atoms with Crippen molar-refractivity contribution in [3.63, 3.8) is 0 Å². The van der Waals surface area contributed by atoms with E-state index < -0.39 is 5.41 Å². The van der Waals surface area contributed by atoms with E-state index in [1.165, 1.54) is 7.11 Å². The van der Waals surface area contributed by atoms with E-state index in [4.69, 9.17) is 14.2 Å². The van der Waals surface area contributed by atoms with Crippen LogP contribution in [0, 0.1) is 5.41 Å². The van der Waals surface area contributed by atoms with E-state index in [0.29, 0.717) is 26.4 Å². The summed E-state index contributed by atoms with van der Waals surface area (Å²) >= 11 is 0. The zero-order valence-electron chi connectivity index (χ0n) is 9.85. The number of hydrogen-bond acceptors (Lipinski definition) is 4. The molecule has 1 aliphatic rings. The van der Waals surface area contributed by atoms with Crippen LogP contribution >= 0.6 is 0 Å². The van der Waals surface area contributed by atoms with E-state index in [-0.39, 0.29) is 5.97 Å². The molecule has 4 heteroatoms. The quantitative estimate of drug-likeness (QED) is 0.725. The first kappa shape index (κ1) is 12.1. The molecular weight excluding hydrogens is 220 g/mol. The monoisotopic (exact) mass is 236 g/mol. The lowest BCUT2D eigenvalue weighted by Gasteiger charge is -2.37. The number of esters is 1. The van der Waals surface area contributed by atoms with Gasteiger partial charge in [-0.25, -0.2) is 0 Å². The molecule has 4 nitrogen and oxygen atoms in total. The first-order valence-corrected chi connectivity index (χ1v) is 5.55. The fourth-order valence-electron chi connectivity index (χ4n) is 1.76. The summed E-state index contributed by atoms with van der Waals surface area (Å²) < 4.78 is 15.4. The molecule has 1 aromatic carbocycles. The van der Waals surface area contributed by atoms with Crippen molar-refractivity contribution in [2.75, 3.05) is 26.9 Å². The second-order valence-electron chi connectivity index (χ2n) is 4.24. The summed E-state index contributed by atoms with van der Waals surface area (Å²) in [6, 6.07) is 9.85. The fraction of sp³-hybridized carbons (Fsp3) is 0.462. The van der Waals surface area contributed by atoms with E-state index >= 15 is 0 Å². The maximum Gasteiger partial charge on any atom is 0.318 e. The van der Waals surface area contributed by atoms with Gasteiger partial charge in [0.1, 0.15) is 5.41 Å². The smallest absolute Gasteiger partial charge is 0.318 e. The van der Waals surface area contributed by atoms with Gasteiger partial charge in [-0.3, -0.25) is 4.79 Å². The molecule has 0 atom stereocenters. The lowest BCUT2D eigenvalue weighted by atomic mass is 9.87. The summed E-state index contributed by atoms with van der Waals surface area (Å²) in [7, 11) is 1.39. The molecule has 1 aromatic rings. The van der Waals surface area contributed by atoms with E-state index in [1.807, 2.05) is 30.3 Å². The minimum atomic E-state index is -0.594. The molecule has 0 spiro atoms. The molecule has 0 aliphatic carbocycles. The number of benzene rings is 1. The molecule has 0 aromatic heterocycles. The Kier molecular flexibility index (Phi) is 3.76. The first-order valence-electron chi connectivity index (χ1n) is 5.55. The maximum atomic E-state index is 11.6. The number of ether oxygens (including phenoxy) is 3. The summed E-state index contributed by atoms with van der Waals surface area (Å²) in [4.78, 5) is 11.6. The summed E-state index contributed by atoms with van der Waals surface area (Å²) in [6.07, 6.45) is 0. The Balaban J connectivity index is 1.83. The highest BCUT2D eigenvalue weighted by atomic mass is 16.6. The summed E-state index contributed by atoms with van der Waals surface area (Å²) in [5.41, 5.74) is 0.497. The second-order valence-corrected chi connectivity index (χ2v) is 4.24. The summed E-state index contributed by atoms with van der Waals surface area (Å²) in [5, 5.41) is 0. The molecule has 0 N–H and O–H groups in total. The van der Waals surface area contributed by atoms with Gasteiger partial charge in [-0.05, 0) is 5.56 Å². The van der Waals surface area contributed by atoms with Gasteiger partial charge < -0.3 is 14.2 Å². The van der Waals surface area contributed by atoms with Gasteiger partial charge in [0.05, 0.1) is 33.5 Å². The maximum absolute atomic E-state index is 11.6. The van der Waals surface area contributed by atoms with Crippen LogP contribution in [-0.4, -0.2) is 32.9 Å². The van der Waals surface area contributed by atoms with Crippen molar-refractivity contribution in [2.45, 2.75) is 6.61 Å². The lowest BCUT2D eigenvalue weighted by Crippen LogP contribution is -2.52. The predicted octanol–water partition coefficient (Wildman–Crippen LogP) is 1.39. The van der Waals surface area contributed by atoms with Crippen LogP contribution in [0.1, 0.15) is 5.56 Å². The molecule has 0 bridgehead atoms. The van der Waals surface area contributed by atoms with E-state index in [2.05, 4.69) is 0 Å². The standard InChI is InChI=1S/C13H16O4/c1-15-12(14)13(9-17-10-13)8-16-7-11-5-3-2-4-6-11/h2-6H,7-10H2,1H3. The molecule has 0 unspecified atom stereocenters. The van der Waals surface area contributed by atoms with Gasteiger partial charge in [-0.2, -0.15) is 0 Å². The molecule has 0 amide bonds. The van der Waals surface area contributed by atoms with E-state index in [1.54, 1.807) is 0 Å². The Hall–Kier alpha value is -1.39. The van der Waals surface area contributed by atoms with Gasteiger partial charge >= 0.3 is 5.97 Å². The van der Waals surface area contributed by atoms with Crippen molar-refractivity contribution in [1.82, 2.24) is 0 Å². The number of methoxy groups -OCH3 is 1. The first-order chi connectivity index (χ1) is 8.27. The Morgan fingerprint density at radius 2 is 2.06 bits per heavy atom. The summed E-state index contributed by atoms with van der Waals surface area (Å²) in [6.45, 7) is 1.61. The predicted molar refractivity (Wildman–Crippen MR) is 61.4 cm³/mol. The molecular formula is C13H16O4. The zero-order chi connectivity index (χ0) is 12.1. The van der Waals surface area contributed by atoms with Crippen molar-refractivity contribution in [2.24, 2.45) is 5.41 Å². The molecule has 0 radical (unpaired) electrons. The Labute approximate surface area is 100 Å². The van der Waals surface area contributed by atoms with Gasteiger partial charge in [0, 0.05) is 0 Å². The van der Waals surface area contributed by atoms with Crippen LogP contribution in [0.3, 0.4) is 0 Å². The largest absolute Gasteiger partial charge is 0.468 e. The fourth-order valence-corrected chi connectivity index (χ4v) is 1.76. The van der Waals surface area contributed by atoms with Gasteiger partial charge in [0.25, 0.3) is 0 Å². The van der Waals surface area contributed by atoms with Gasteiger partial charge in [0.2, 0.25) is 0 Å². The highest BCUT2D eigenvalue weighted by Crippen LogP contribution is 2.29. The molecule has 0 saturated carbocycles. The van der Waals surface area contributed by atoms with Gasteiger partial charge in [-0.15, -0.1) is 0 Å². The van der Waals surface area contributed by atoms with Crippen molar-refractivity contribution in [1.29, 1.82) is 0 Å². The topological polar surface area (TPSA) is 44.8 Å². The van der Waals surface area contributed by atoms with Crippen molar-refractivity contribution in [3.8, 4) is 0 Å². The van der Waals surface area contributed by atoms with Gasteiger partial charge in [0.15, 0.2) is 0 Å². The molecule has 1 aliphatic heterocycles. The van der Waals surface area contributed by atoms with Crippen molar-refractivity contribution < 1.29 is 19.0 Å². The lowest BCUT2D eigenvalue weighted by molar-refractivity contribution is -0.195. The third-order valence-corrected chi connectivity index (χ3v) is 2.87. The van der Waals surface area contributed by atoms with Crippen molar-refractivity contribution >= 4 is 5.97 Å². The van der Waals surface area contributed by atoms with Crippen molar-refractivity contribution in [3.05, 3.63) is 35.9 Å². The molecule has 1 fully saturated rings. The second kappa shape index (κ2) is 5.29. The summed E-state index contributed by atoms with van der Waals surface area (Å²) in [5.74, 6) is -0.253. The SMILES string of the molecule is COC(=O)C1(COCc2ccccc2)COC1. The normalized spacial score (nSPS) is 17.2. The Morgan fingerprint density at radius 3 is 2.59 bits per heavy atom. The highest BCUT2D eigenvalue weighted by Gasteiger charge is 2.47. The van der Waals surface area contributed by atoms with E-state index in [9.17, 15) is 4.79 Å². The molecule has 92 valence electrons. The number of hydrogen-bond donors (Lipinski definition) is 0. The average Bonchev–Trinajstić information content (AvgIpc) is 2.33. The van der Waals surface area contributed by atoms with E-state index in [0.717, 1.165) is 5.56 Å². The molecule has 17 heavy (non-hydrogen) atoms. The number of carbonyl (C=O) groups excluding carboxylic acids is 1. The number of carbonyl (C=O) groups is 1. The van der Waals surface area contributed by atoms with Gasteiger partial charge in [-0.1, -0.05) is 30.3 Å². The Bertz CT molecular complexity index is 370. The van der Waals surface area contributed by atoms with Crippen LogP contribution in [-0.2, 0) is 25.6 Å². The third-order valence-electron chi connectivity index (χ3n) is 2.87. The number of rotatable bonds is 5. The van der Waals surface area contributed by atoms with Crippen LogP contribution in [0.15, 0.2) is 30.3 Å². The Morgan fingerprint density at radius 1 is 1.35 bits per heavy atom. The minimum Gasteiger partial charge on any atom is -0.468 e. The highest BCUT2D eigenvalue weighted by molar-refractivity contribution is 5.78. The molecule has 1 heterocycles. The minimum absolute atomic E-state index is 0.253. The van der Waals surface area contributed by atoms with Crippen LogP contribution in [0.25, 0.3) is 0 Å². The third kappa shape index (κ3) is 2.65.